The van der Waals surface area contributed by atoms with E-state index in [0.717, 1.165) is 5.56 Å². The van der Waals surface area contributed by atoms with Gasteiger partial charge in [0.2, 0.25) is 0 Å². The quantitative estimate of drug-likeness (QED) is 0.568. The zero-order chi connectivity index (χ0) is 18.9. The molecule has 0 unspecified atom stereocenters. The zero-order valence-corrected chi connectivity index (χ0v) is 15.9. The largest absolute Gasteiger partial charge is 0.461 e. The fourth-order valence-corrected chi connectivity index (χ4v) is 5.32. The molecule has 1 aliphatic rings. The van der Waals surface area contributed by atoms with Gasteiger partial charge in [-0.05, 0) is 36.5 Å². The maximum atomic E-state index is 12.0. The standard InChI is InChI=1S/C18H19ClO6S/c1-2-12-6-16-14(8-15(12)19)13(7-18(21)25-16)9-24-17(20)5-11-3-4-26(22,23)10-11/h6-8,11H,2-5,9-10H2,1H3/t11-/m0/s1. The van der Waals surface area contributed by atoms with Gasteiger partial charge >= 0.3 is 11.6 Å². The van der Waals surface area contributed by atoms with Crippen molar-refractivity contribution >= 4 is 38.4 Å². The Morgan fingerprint density at radius 3 is 2.73 bits per heavy atom. The van der Waals surface area contributed by atoms with Crippen molar-refractivity contribution in [2.75, 3.05) is 11.5 Å². The number of carbonyl (C=O) groups excluding carboxylic acids is 1. The molecule has 1 saturated heterocycles. The molecule has 2 heterocycles. The maximum Gasteiger partial charge on any atom is 0.336 e. The zero-order valence-electron chi connectivity index (χ0n) is 14.3. The molecule has 2 aromatic rings. The number of carbonyl (C=O) groups is 1. The molecule has 8 heteroatoms. The van der Waals surface area contributed by atoms with E-state index >= 15 is 0 Å². The van der Waals surface area contributed by atoms with Crippen molar-refractivity contribution in [3.8, 4) is 0 Å². The van der Waals surface area contributed by atoms with Crippen LogP contribution in [0.5, 0.6) is 0 Å². The van der Waals surface area contributed by atoms with E-state index in [1.165, 1.54) is 6.07 Å². The summed E-state index contributed by atoms with van der Waals surface area (Å²) in [4.78, 5) is 23.8. The Labute approximate surface area is 156 Å². The molecular weight excluding hydrogens is 380 g/mol. The van der Waals surface area contributed by atoms with Gasteiger partial charge in [0.1, 0.15) is 12.2 Å². The second kappa shape index (κ2) is 7.40. The van der Waals surface area contributed by atoms with E-state index in [9.17, 15) is 18.0 Å². The summed E-state index contributed by atoms with van der Waals surface area (Å²) in [6, 6.07) is 4.69. The molecule has 0 bridgehead atoms. The molecule has 1 fully saturated rings. The van der Waals surface area contributed by atoms with Crippen LogP contribution >= 0.6 is 11.6 Å². The van der Waals surface area contributed by atoms with Gasteiger partial charge in [0.25, 0.3) is 0 Å². The fraction of sp³-hybridized carbons (Fsp3) is 0.444. The summed E-state index contributed by atoms with van der Waals surface area (Å²) in [7, 11) is -3.03. The van der Waals surface area contributed by atoms with Crippen LogP contribution in [0.4, 0.5) is 0 Å². The van der Waals surface area contributed by atoms with Crippen LogP contribution in [0.25, 0.3) is 11.0 Å². The average Bonchev–Trinajstić information content (AvgIpc) is 2.91. The summed E-state index contributed by atoms with van der Waals surface area (Å²) in [5.74, 6) is -0.542. The van der Waals surface area contributed by atoms with Gasteiger partial charge < -0.3 is 9.15 Å². The number of esters is 1. The van der Waals surface area contributed by atoms with Crippen molar-refractivity contribution in [3.63, 3.8) is 0 Å². The van der Waals surface area contributed by atoms with Gasteiger partial charge in [-0.1, -0.05) is 18.5 Å². The summed E-state index contributed by atoms with van der Waals surface area (Å²) < 4.78 is 33.4. The van der Waals surface area contributed by atoms with Crippen LogP contribution in [-0.4, -0.2) is 25.9 Å². The van der Waals surface area contributed by atoms with Crippen LogP contribution in [0.3, 0.4) is 0 Å². The Hall–Kier alpha value is -1.86. The molecule has 0 spiro atoms. The van der Waals surface area contributed by atoms with Gasteiger partial charge in [0, 0.05) is 28.5 Å². The second-order valence-electron chi connectivity index (χ2n) is 6.52. The predicted octanol–water partition coefficient (Wildman–Crippen LogP) is 2.88. The van der Waals surface area contributed by atoms with Crippen LogP contribution in [0.2, 0.25) is 5.02 Å². The highest BCUT2D eigenvalue weighted by atomic mass is 35.5. The van der Waals surface area contributed by atoms with E-state index in [1.807, 2.05) is 6.92 Å². The smallest absolute Gasteiger partial charge is 0.336 e. The molecule has 1 aliphatic heterocycles. The highest BCUT2D eigenvalue weighted by molar-refractivity contribution is 7.91. The molecule has 0 radical (unpaired) electrons. The molecule has 26 heavy (non-hydrogen) atoms. The number of aryl methyl sites for hydroxylation is 1. The van der Waals surface area contributed by atoms with Crippen LogP contribution in [0, 0.1) is 5.92 Å². The highest BCUT2D eigenvalue weighted by Crippen LogP contribution is 2.27. The lowest BCUT2D eigenvalue weighted by molar-refractivity contribution is -0.145. The molecule has 140 valence electrons. The number of fused-ring (bicyclic) bond motifs is 1. The fourth-order valence-electron chi connectivity index (χ4n) is 3.16. The predicted molar refractivity (Wildman–Crippen MR) is 98.0 cm³/mol. The Bertz CT molecular complexity index is 1010. The Balaban J connectivity index is 1.75. The molecular formula is C18H19ClO6S. The lowest BCUT2D eigenvalue weighted by Gasteiger charge is -2.10. The van der Waals surface area contributed by atoms with E-state index in [0.29, 0.717) is 34.4 Å². The average molecular weight is 399 g/mol. The van der Waals surface area contributed by atoms with Gasteiger partial charge in [-0.3, -0.25) is 4.79 Å². The highest BCUT2D eigenvalue weighted by Gasteiger charge is 2.29. The summed E-state index contributed by atoms with van der Waals surface area (Å²) >= 11 is 6.23. The third-order valence-corrected chi connectivity index (χ3v) is 6.74. The van der Waals surface area contributed by atoms with Crippen LogP contribution in [-0.2, 0) is 32.4 Å². The van der Waals surface area contributed by atoms with Crippen molar-refractivity contribution in [3.05, 3.63) is 44.8 Å². The minimum absolute atomic E-state index is 0.0232. The summed E-state index contributed by atoms with van der Waals surface area (Å²) in [5.41, 5.74) is 1.23. The molecule has 6 nitrogen and oxygen atoms in total. The summed E-state index contributed by atoms with van der Waals surface area (Å²) in [6.45, 7) is 1.85. The van der Waals surface area contributed by atoms with Gasteiger partial charge in [0.05, 0.1) is 11.5 Å². The van der Waals surface area contributed by atoms with Crippen molar-refractivity contribution in [2.45, 2.75) is 32.8 Å². The van der Waals surface area contributed by atoms with E-state index in [-0.39, 0.29) is 30.5 Å². The molecule has 1 aromatic heterocycles. The van der Waals surface area contributed by atoms with Crippen LogP contribution < -0.4 is 5.63 Å². The van der Waals surface area contributed by atoms with Gasteiger partial charge in [-0.25, -0.2) is 13.2 Å². The first-order chi connectivity index (χ1) is 12.3. The maximum absolute atomic E-state index is 12.0. The van der Waals surface area contributed by atoms with E-state index in [1.54, 1.807) is 12.1 Å². The first-order valence-electron chi connectivity index (χ1n) is 8.38. The SMILES string of the molecule is CCc1cc2oc(=O)cc(COC(=O)C[C@@H]3CCS(=O)(=O)C3)c2cc1Cl. The Morgan fingerprint density at radius 2 is 2.08 bits per heavy atom. The Kier molecular flexibility index (Phi) is 5.39. The van der Waals surface area contributed by atoms with Crippen LogP contribution in [0.1, 0.15) is 30.9 Å². The normalized spacial score (nSPS) is 18.9. The summed E-state index contributed by atoms with van der Waals surface area (Å²) in [6.07, 6.45) is 1.23. The number of rotatable bonds is 5. The number of sulfone groups is 1. The van der Waals surface area contributed by atoms with Gasteiger partial charge in [-0.15, -0.1) is 0 Å². The summed E-state index contributed by atoms with van der Waals surface area (Å²) in [5, 5.41) is 1.17. The molecule has 3 rings (SSSR count). The number of ether oxygens (including phenoxy) is 1. The van der Waals surface area contributed by atoms with Crippen molar-refractivity contribution < 1.29 is 22.4 Å². The first kappa shape index (κ1) is 18.9. The molecule has 0 N–H and O–H groups in total. The second-order valence-corrected chi connectivity index (χ2v) is 9.15. The molecule has 0 aliphatic carbocycles. The van der Waals surface area contributed by atoms with E-state index < -0.39 is 21.4 Å². The molecule has 0 amide bonds. The van der Waals surface area contributed by atoms with Gasteiger partial charge in [-0.2, -0.15) is 0 Å². The lowest BCUT2D eigenvalue weighted by atomic mass is 10.1. The number of hydrogen-bond acceptors (Lipinski definition) is 6. The third kappa shape index (κ3) is 4.27. The van der Waals surface area contributed by atoms with Gasteiger partial charge in [0.15, 0.2) is 9.84 Å². The van der Waals surface area contributed by atoms with Crippen molar-refractivity contribution in [2.24, 2.45) is 5.92 Å². The minimum Gasteiger partial charge on any atom is -0.461 e. The third-order valence-electron chi connectivity index (χ3n) is 4.55. The minimum atomic E-state index is -3.03. The molecule has 1 aromatic carbocycles. The van der Waals surface area contributed by atoms with Crippen LogP contribution in [0.15, 0.2) is 27.4 Å². The molecule has 0 saturated carbocycles. The topological polar surface area (TPSA) is 90.7 Å². The number of benzene rings is 1. The van der Waals surface area contributed by atoms with E-state index in [4.69, 9.17) is 20.8 Å². The van der Waals surface area contributed by atoms with Crippen molar-refractivity contribution in [1.82, 2.24) is 0 Å². The van der Waals surface area contributed by atoms with E-state index in [2.05, 4.69) is 0 Å². The molecule has 1 atom stereocenters. The number of hydrogen-bond donors (Lipinski definition) is 0. The Morgan fingerprint density at radius 1 is 1.31 bits per heavy atom. The van der Waals surface area contributed by atoms with Crippen molar-refractivity contribution in [1.29, 1.82) is 0 Å². The first-order valence-corrected chi connectivity index (χ1v) is 10.6. The monoisotopic (exact) mass is 398 g/mol. The number of halogens is 1. The lowest BCUT2D eigenvalue weighted by Crippen LogP contribution is -2.13.